The van der Waals surface area contributed by atoms with Gasteiger partial charge in [0, 0.05) is 18.5 Å². The van der Waals surface area contributed by atoms with E-state index >= 15 is 0 Å². The summed E-state index contributed by atoms with van der Waals surface area (Å²) in [6, 6.07) is 0. The fourth-order valence-electron chi connectivity index (χ4n) is 3.35. The van der Waals surface area contributed by atoms with Crippen LogP contribution in [0.1, 0.15) is 58.3 Å². The first kappa shape index (κ1) is 10.0. The van der Waals surface area contributed by atoms with E-state index in [-0.39, 0.29) is 0 Å². The van der Waals surface area contributed by atoms with Crippen molar-refractivity contribution in [1.82, 2.24) is 4.90 Å². The van der Waals surface area contributed by atoms with Crippen molar-refractivity contribution in [1.29, 1.82) is 5.41 Å². The van der Waals surface area contributed by atoms with Gasteiger partial charge in [0.15, 0.2) is 0 Å². The van der Waals surface area contributed by atoms with Crippen molar-refractivity contribution in [3.05, 3.63) is 0 Å². The number of amidine groups is 1. The SMILES string of the molecule is CCCC1(N2CCCC2=N)CCCC1. The van der Waals surface area contributed by atoms with Gasteiger partial charge < -0.3 is 4.90 Å². The Morgan fingerprint density at radius 1 is 1.29 bits per heavy atom. The van der Waals surface area contributed by atoms with E-state index in [4.69, 9.17) is 5.41 Å². The summed E-state index contributed by atoms with van der Waals surface area (Å²) in [5.41, 5.74) is 0.405. The molecule has 0 atom stereocenters. The monoisotopic (exact) mass is 194 g/mol. The Kier molecular flexibility index (Phi) is 2.80. The molecule has 0 amide bonds. The van der Waals surface area contributed by atoms with Crippen LogP contribution in [0.15, 0.2) is 0 Å². The maximum Gasteiger partial charge on any atom is 0.0962 e. The van der Waals surface area contributed by atoms with Gasteiger partial charge in [0.25, 0.3) is 0 Å². The molecule has 0 aromatic rings. The van der Waals surface area contributed by atoms with Crippen LogP contribution >= 0.6 is 0 Å². The second-order valence-electron chi connectivity index (χ2n) is 4.88. The molecule has 80 valence electrons. The first-order chi connectivity index (χ1) is 6.78. The van der Waals surface area contributed by atoms with E-state index < -0.39 is 0 Å². The molecular weight excluding hydrogens is 172 g/mol. The largest absolute Gasteiger partial charge is 0.355 e. The summed E-state index contributed by atoms with van der Waals surface area (Å²) in [4.78, 5) is 2.43. The van der Waals surface area contributed by atoms with Crippen LogP contribution in [0.3, 0.4) is 0 Å². The molecule has 1 aliphatic carbocycles. The zero-order chi connectivity index (χ0) is 10.0. The lowest BCUT2D eigenvalue weighted by atomic mass is 9.90. The second kappa shape index (κ2) is 3.92. The summed E-state index contributed by atoms with van der Waals surface area (Å²) < 4.78 is 0. The fourth-order valence-corrected chi connectivity index (χ4v) is 3.35. The third-order valence-corrected chi connectivity index (χ3v) is 3.94. The van der Waals surface area contributed by atoms with E-state index in [1.165, 1.54) is 44.9 Å². The highest BCUT2D eigenvalue weighted by atomic mass is 15.2. The van der Waals surface area contributed by atoms with Gasteiger partial charge in [0.05, 0.1) is 5.84 Å². The van der Waals surface area contributed by atoms with Crippen LogP contribution in [0.4, 0.5) is 0 Å². The molecule has 0 unspecified atom stereocenters. The van der Waals surface area contributed by atoms with Crippen molar-refractivity contribution in [3.8, 4) is 0 Å². The molecule has 1 N–H and O–H groups in total. The number of likely N-dealkylation sites (tertiary alicyclic amines) is 1. The maximum absolute atomic E-state index is 8.00. The van der Waals surface area contributed by atoms with E-state index in [1.807, 2.05) is 0 Å². The summed E-state index contributed by atoms with van der Waals surface area (Å²) in [5, 5.41) is 8.00. The van der Waals surface area contributed by atoms with Crippen molar-refractivity contribution < 1.29 is 0 Å². The van der Waals surface area contributed by atoms with E-state index in [1.54, 1.807) is 0 Å². The molecule has 0 spiro atoms. The number of rotatable bonds is 3. The minimum absolute atomic E-state index is 0.405. The Hall–Kier alpha value is -0.530. The summed E-state index contributed by atoms with van der Waals surface area (Å²) in [7, 11) is 0. The Morgan fingerprint density at radius 2 is 2.00 bits per heavy atom. The number of hydrogen-bond donors (Lipinski definition) is 1. The predicted molar refractivity (Wildman–Crippen MR) is 59.8 cm³/mol. The van der Waals surface area contributed by atoms with Crippen LogP contribution < -0.4 is 0 Å². The topological polar surface area (TPSA) is 27.1 Å². The third kappa shape index (κ3) is 1.55. The Morgan fingerprint density at radius 3 is 2.50 bits per heavy atom. The molecule has 1 saturated heterocycles. The molecule has 0 aromatic heterocycles. The van der Waals surface area contributed by atoms with Gasteiger partial charge in [-0.3, -0.25) is 5.41 Å². The number of nitrogens with zero attached hydrogens (tertiary/aromatic N) is 1. The van der Waals surface area contributed by atoms with Crippen molar-refractivity contribution in [3.63, 3.8) is 0 Å². The zero-order valence-electron chi connectivity index (χ0n) is 9.31. The number of hydrogen-bond acceptors (Lipinski definition) is 1. The first-order valence-corrected chi connectivity index (χ1v) is 6.13. The molecular formula is C12H22N2. The molecule has 1 heterocycles. The third-order valence-electron chi connectivity index (χ3n) is 3.94. The second-order valence-corrected chi connectivity index (χ2v) is 4.88. The van der Waals surface area contributed by atoms with Crippen molar-refractivity contribution >= 4 is 5.84 Å². The van der Waals surface area contributed by atoms with Crippen LogP contribution in [0.2, 0.25) is 0 Å². The summed E-state index contributed by atoms with van der Waals surface area (Å²) >= 11 is 0. The van der Waals surface area contributed by atoms with Gasteiger partial charge in [0.1, 0.15) is 0 Å². The highest BCUT2D eigenvalue weighted by Gasteiger charge is 2.41. The molecule has 1 saturated carbocycles. The molecule has 2 fully saturated rings. The van der Waals surface area contributed by atoms with E-state index in [0.29, 0.717) is 5.54 Å². The van der Waals surface area contributed by atoms with Crippen molar-refractivity contribution in [2.45, 2.75) is 63.8 Å². The standard InChI is InChI=1S/C12H22N2/c1-2-7-12(8-3-4-9-12)14-10-5-6-11(14)13/h13H,2-10H2,1H3. The van der Waals surface area contributed by atoms with Gasteiger partial charge in [-0.15, -0.1) is 0 Å². The average molecular weight is 194 g/mol. The highest BCUT2D eigenvalue weighted by Crippen LogP contribution is 2.41. The normalized spacial score (nSPS) is 26.1. The van der Waals surface area contributed by atoms with Gasteiger partial charge in [-0.25, -0.2) is 0 Å². The van der Waals surface area contributed by atoms with E-state index in [0.717, 1.165) is 18.8 Å². The Balaban J connectivity index is 2.12. The van der Waals surface area contributed by atoms with Crippen molar-refractivity contribution in [2.75, 3.05) is 6.54 Å². The average Bonchev–Trinajstić information content (AvgIpc) is 2.75. The van der Waals surface area contributed by atoms with Crippen molar-refractivity contribution in [2.24, 2.45) is 0 Å². The quantitative estimate of drug-likeness (QED) is 0.734. The smallest absolute Gasteiger partial charge is 0.0962 e. The molecule has 0 aromatic carbocycles. The van der Waals surface area contributed by atoms with Gasteiger partial charge >= 0.3 is 0 Å². The van der Waals surface area contributed by atoms with Crippen LogP contribution in [-0.4, -0.2) is 22.8 Å². The minimum Gasteiger partial charge on any atom is -0.355 e. The zero-order valence-corrected chi connectivity index (χ0v) is 9.31. The molecule has 2 nitrogen and oxygen atoms in total. The highest BCUT2D eigenvalue weighted by molar-refractivity contribution is 5.81. The molecule has 2 aliphatic rings. The summed E-state index contributed by atoms with van der Waals surface area (Å²) in [5.74, 6) is 0.917. The molecule has 14 heavy (non-hydrogen) atoms. The van der Waals surface area contributed by atoms with Gasteiger partial charge in [0.2, 0.25) is 0 Å². The molecule has 1 aliphatic heterocycles. The van der Waals surface area contributed by atoms with Gasteiger partial charge in [-0.2, -0.15) is 0 Å². The minimum atomic E-state index is 0.405. The predicted octanol–water partition coefficient (Wildman–Crippen LogP) is 3.17. The molecule has 0 bridgehead atoms. The number of nitrogens with one attached hydrogen (secondary N) is 1. The first-order valence-electron chi connectivity index (χ1n) is 6.13. The molecule has 2 rings (SSSR count). The summed E-state index contributed by atoms with van der Waals surface area (Å²) in [6.07, 6.45) is 10.2. The van der Waals surface area contributed by atoms with E-state index in [9.17, 15) is 0 Å². The Bertz CT molecular complexity index is 216. The molecule has 2 heteroatoms. The lowest BCUT2D eigenvalue weighted by Gasteiger charge is -2.40. The Labute approximate surface area is 87.2 Å². The molecule has 0 radical (unpaired) electrons. The lowest BCUT2D eigenvalue weighted by Crippen LogP contribution is -2.47. The van der Waals surface area contributed by atoms with Crippen LogP contribution in [0, 0.1) is 5.41 Å². The summed E-state index contributed by atoms with van der Waals surface area (Å²) in [6.45, 7) is 3.43. The lowest BCUT2D eigenvalue weighted by molar-refractivity contribution is 0.174. The van der Waals surface area contributed by atoms with Gasteiger partial charge in [-0.1, -0.05) is 26.2 Å². The van der Waals surface area contributed by atoms with Crippen LogP contribution in [0.5, 0.6) is 0 Å². The van der Waals surface area contributed by atoms with Crippen LogP contribution in [-0.2, 0) is 0 Å². The van der Waals surface area contributed by atoms with Crippen LogP contribution in [0.25, 0.3) is 0 Å². The maximum atomic E-state index is 8.00. The fraction of sp³-hybridized carbons (Fsp3) is 0.917. The van der Waals surface area contributed by atoms with Gasteiger partial charge in [-0.05, 0) is 25.7 Å². The van der Waals surface area contributed by atoms with E-state index in [2.05, 4.69) is 11.8 Å².